The summed E-state index contributed by atoms with van der Waals surface area (Å²) >= 11 is 0. The fourth-order valence-corrected chi connectivity index (χ4v) is 10.4. The number of fused-ring (bicyclic) bond motifs is 4. The van der Waals surface area contributed by atoms with Crippen LogP contribution in [0.5, 0.6) is 0 Å². The van der Waals surface area contributed by atoms with E-state index in [4.69, 9.17) is 9.72 Å². The van der Waals surface area contributed by atoms with Gasteiger partial charge in [0.2, 0.25) is 11.8 Å². The normalized spacial score (nSPS) is 25.2. The minimum Gasteiger partial charge on any atom is -0.374 e. The number of carbonyl (C=O) groups is 3. The van der Waals surface area contributed by atoms with Gasteiger partial charge in [0.25, 0.3) is 18.8 Å². The van der Waals surface area contributed by atoms with Gasteiger partial charge in [-0.25, -0.2) is 31.9 Å². The monoisotopic (exact) mass is 900 g/mol. The average Bonchev–Trinajstić information content (AvgIpc) is 4.14. The number of anilines is 2. The zero-order valence-corrected chi connectivity index (χ0v) is 35.6. The van der Waals surface area contributed by atoms with E-state index in [0.717, 1.165) is 19.3 Å². The van der Waals surface area contributed by atoms with Crippen molar-refractivity contribution in [1.82, 2.24) is 48.6 Å². The molecule has 4 aliphatic heterocycles. The van der Waals surface area contributed by atoms with E-state index in [1.54, 1.807) is 36.3 Å². The number of ether oxygens (including phenoxy) is 1. The molecular weight excluding hydrogens is 853 g/mol. The number of rotatable bonds is 10. The standard InChI is InChI=1S/C44H48F4N12O5/c1-54-38-26(4-2-6-32(38)60(44(54)64)33-11-12-36(61)52-43(33)63)5-3-14-56-17-16-55(23-34(56)39(45)46)20-25-7-9-27(10-8-25)59-22-31(37(53-59)40(47)48)50-42(62)30-19-49-58-15-13-35(51-41(30)58)57-21-29-18-28(57)24-65-29/h2,4,6,13,15,19,22,25,27-29,33-34,39-40H,7-12,14,16-18,20-21,23-24H2,1H3,(H,50,62)(H,52,61,63)/t25?,27?,28-,29-,33?,34?/m1/s1. The Morgan fingerprint density at radius 2 is 1.86 bits per heavy atom. The first-order valence-corrected chi connectivity index (χ1v) is 22.1. The number of benzene rings is 1. The van der Waals surface area contributed by atoms with Crippen LogP contribution in [0.3, 0.4) is 0 Å². The molecule has 5 aromatic rings. The molecule has 4 atom stereocenters. The molecule has 4 aromatic heterocycles. The van der Waals surface area contributed by atoms with E-state index in [0.29, 0.717) is 73.7 Å². The molecular formula is C44H48F4N12O5. The van der Waals surface area contributed by atoms with Crippen molar-refractivity contribution in [3.63, 3.8) is 0 Å². The Kier molecular flexibility index (Phi) is 11.4. The SMILES string of the molecule is Cn1c(=O)n(C2CCC(=O)NC2=O)c2cccc(C#CCN3CCN(CC4CCC(n5cc(NC(=O)c6cnn7ccc(N8C[C@H]9C[C@@H]8CO9)nc67)c(C(F)F)n5)CC4)CC3C(F)F)c21. The van der Waals surface area contributed by atoms with Crippen LogP contribution in [0, 0.1) is 17.8 Å². The van der Waals surface area contributed by atoms with Crippen molar-refractivity contribution >= 4 is 45.9 Å². The summed E-state index contributed by atoms with van der Waals surface area (Å²) < 4.78 is 69.3. The maximum absolute atomic E-state index is 14.6. The summed E-state index contributed by atoms with van der Waals surface area (Å²) in [5, 5.41) is 13.4. The largest absolute Gasteiger partial charge is 0.374 e. The molecule has 2 unspecified atom stereocenters. The zero-order valence-electron chi connectivity index (χ0n) is 35.6. The van der Waals surface area contributed by atoms with E-state index in [-0.39, 0.29) is 67.2 Å². The van der Waals surface area contributed by atoms with E-state index in [1.165, 1.54) is 30.7 Å². The number of morpholine rings is 1. The molecule has 5 fully saturated rings. The number of carbonyl (C=O) groups excluding carboxylic acids is 3. The highest BCUT2D eigenvalue weighted by molar-refractivity contribution is 6.08. The molecule has 2 bridgehead atoms. The minimum absolute atomic E-state index is 0.0798. The van der Waals surface area contributed by atoms with Crippen LogP contribution in [0.15, 0.2) is 47.7 Å². The molecule has 21 heteroatoms. The smallest absolute Gasteiger partial charge is 0.329 e. The third kappa shape index (κ3) is 8.16. The van der Waals surface area contributed by atoms with Crippen LogP contribution < -0.4 is 21.2 Å². The van der Waals surface area contributed by atoms with E-state index in [9.17, 15) is 36.7 Å². The fraction of sp³-hybridized carbons (Fsp3) is 0.523. The Hall–Kier alpha value is -6.11. The third-order valence-corrected chi connectivity index (χ3v) is 13.8. The summed E-state index contributed by atoms with van der Waals surface area (Å²) in [5.74, 6) is 5.50. The Morgan fingerprint density at radius 3 is 2.60 bits per heavy atom. The third-order valence-electron chi connectivity index (χ3n) is 13.8. The highest BCUT2D eigenvalue weighted by atomic mass is 19.3. The Balaban J connectivity index is 0.749. The van der Waals surface area contributed by atoms with Crippen molar-refractivity contribution in [2.45, 2.75) is 88.1 Å². The maximum Gasteiger partial charge on any atom is 0.329 e. The zero-order chi connectivity index (χ0) is 45.1. The molecule has 17 nitrogen and oxygen atoms in total. The lowest BCUT2D eigenvalue weighted by Crippen LogP contribution is -2.56. The van der Waals surface area contributed by atoms with Gasteiger partial charge in [0.15, 0.2) is 11.3 Å². The number of piperazine rings is 1. The number of nitrogens with zero attached hydrogens (tertiary/aromatic N) is 10. The summed E-state index contributed by atoms with van der Waals surface area (Å²) in [6.45, 7) is 3.15. The van der Waals surface area contributed by atoms with Crippen LogP contribution in [0.1, 0.15) is 85.1 Å². The van der Waals surface area contributed by atoms with Crippen molar-refractivity contribution in [3.8, 4) is 11.8 Å². The molecule has 1 saturated carbocycles. The van der Waals surface area contributed by atoms with Crippen molar-refractivity contribution in [2.24, 2.45) is 13.0 Å². The molecule has 65 heavy (non-hydrogen) atoms. The fourth-order valence-electron chi connectivity index (χ4n) is 10.4. The van der Waals surface area contributed by atoms with Gasteiger partial charge in [0.05, 0.1) is 65.9 Å². The second kappa shape index (κ2) is 17.4. The Bertz CT molecular complexity index is 2780. The second-order valence-corrected chi connectivity index (χ2v) is 17.7. The molecule has 5 aliphatic rings. The van der Waals surface area contributed by atoms with E-state index in [1.807, 2.05) is 6.07 Å². The number of hydrogen-bond acceptors (Lipinski definition) is 11. The lowest BCUT2D eigenvalue weighted by atomic mass is 9.85. The van der Waals surface area contributed by atoms with Crippen molar-refractivity contribution in [3.05, 3.63) is 70.2 Å². The van der Waals surface area contributed by atoms with Crippen LogP contribution >= 0.6 is 0 Å². The van der Waals surface area contributed by atoms with Crippen LogP contribution in [0.4, 0.5) is 29.1 Å². The number of hydrogen-bond donors (Lipinski definition) is 2. The molecule has 0 radical (unpaired) electrons. The predicted octanol–water partition coefficient (Wildman–Crippen LogP) is 3.76. The topological polar surface area (TPSA) is 169 Å². The van der Waals surface area contributed by atoms with Gasteiger partial charge in [0.1, 0.15) is 17.4 Å². The van der Waals surface area contributed by atoms with Crippen LogP contribution in [0.2, 0.25) is 0 Å². The molecule has 342 valence electrons. The predicted molar refractivity (Wildman–Crippen MR) is 228 cm³/mol. The first-order chi connectivity index (χ1) is 31.4. The highest BCUT2D eigenvalue weighted by Crippen LogP contribution is 2.36. The first kappa shape index (κ1) is 42.8. The molecule has 4 saturated heterocycles. The van der Waals surface area contributed by atoms with Gasteiger partial charge < -0.3 is 19.9 Å². The molecule has 2 N–H and O–H groups in total. The Morgan fingerprint density at radius 1 is 1.03 bits per heavy atom. The van der Waals surface area contributed by atoms with E-state index in [2.05, 4.69) is 42.5 Å². The van der Waals surface area contributed by atoms with Crippen molar-refractivity contribution < 1.29 is 36.7 Å². The number of aryl methyl sites for hydroxylation is 1. The summed E-state index contributed by atoms with van der Waals surface area (Å²) in [6, 6.07) is 5.17. The van der Waals surface area contributed by atoms with Gasteiger partial charge in [-0.1, -0.05) is 17.9 Å². The van der Waals surface area contributed by atoms with Crippen LogP contribution in [0.25, 0.3) is 16.7 Å². The number of amides is 3. The molecule has 1 aliphatic carbocycles. The quantitative estimate of drug-likeness (QED) is 0.119. The number of halogens is 4. The molecule has 1 aromatic carbocycles. The summed E-state index contributed by atoms with van der Waals surface area (Å²) in [7, 11) is 1.58. The Labute approximate surface area is 369 Å². The lowest BCUT2D eigenvalue weighted by Gasteiger charge is -2.42. The van der Waals surface area contributed by atoms with Gasteiger partial charge >= 0.3 is 5.69 Å². The van der Waals surface area contributed by atoms with Crippen molar-refractivity contribution in [1.29, 1.82) is 0 Å². The number of aromatic nitrogens is 7. The second-order valence-electron chi connectivity index (χ2n) is 17.7. The number of imidazole rings is 1. The summed E-state index contributed by atoms with van der Waals surface area (Å²) in [5.41, 5.74) is 0.964. The summed E-state index contributed by atoms with van der Waals surface area (Å²) in [4.78, 5) is 61.9. The average molecular weight is 901 g/mol. The van der Waals surface area contributed by atoms with E-state index < -0.39 is 48.1 Å². The van der Waals surface area contributed by atoms with Gasteiger partial charge in [-0.3, -0.25) is 38.4 Å². The number of alkyl halides is 4. The van der Waals surface area contributed by atoms with Crippen LogP contribution in [-0.2, 0) is 21.4 Å². The number of para-hydroxylation sites is 1. The highest BCUT2D eigenvalue weighted by Gasteiger charge is 2.40. The van der Waals surface area contributed by atoms with Gasteiger partial charge in [-0.15, -0.1) is 0 Å². The van der Waals surface area contributed by atoms with Crippen molar-refractivity contribution in [2.75, 3.05) is 56.1 Å². The minimum atomic E-state index is -2.93. The lowest BCUT2D eigenvalue weighted by molar-refractivity contribution is -0.135. The van der Waals surface area contributed by atoms with E-state index >= 15 is 0 Å². The number of imide groups is 1. The molecule has 0 spiro atoms. The molecule has 8 heterocycles. The van der Waals surface area contributed by atoms with Crippen LogP contribution in [-0.4, -0.2) is 132 Å². The number of piperidine rings is 1. The number of nitrogens with one attached hydrogen (secondary N) is 2. The molecule has 3 amide bonds. The molecule has 10 rings (SSSR count). The van der Waals surface area contributed by atoms with Gasteiger partial charge in [-0.05, 0) is 62.6 Å². The first-order valence-electron chi connectivity index (χ1n) is 22.1. The summed E-state index contributed by atoms with van der Waals surface area (Å²) in [6.07, 6.45) is 3.20. The van der Waals surface area contributed by atoms with Gasteiger partial charge in [-0.2, -0.15) is 10.2 Å². The maximum atomic E-state index is 14.6. The van der Waals surface area contributed by atoms with Gasteiger partial charge in [0, 0.05) is 58.6 Å².